The maximum Gasteiger partial charge on any atom is 0.242 e. The number of carbonyl (C=O) groups is 2. The molecular formula is C26H33N3O4S. The summed E-state index contributed by atoms with van der Waals surface area (Å²) < 4.78 is 28.2. The number of fused-ring (bicyclic) bond motifs is 1. The number of amides is 2. The number of anilines is 1. The first-order valence-electron chi connectivity index (χ1n) is 11.4. The molecule has 0 aliphatic rings. The molecule has 182 valence electrons. The average molecular weight is 484 g/mol. The zero-order valence-electron chi connectivity index (χ0n) is 20.6. The smallest absolute Gasteiger partial charge is 0.242 e. The summed E-state index contributed by atoms with van der Waals surface area (Å²) in [7, 11) is -3.95. The van der Waals surface area contributed by atoms with Crippen LogP contribution in [0.5, 0.6) is 0 Å². The van der Waals surface area contributed by atoms with E-state index in [1.54, 1.807) is 33.7 Å². The summed E-state index contributed by atoms with van der Waals surface area (Å²) in [5, 5.41) is 3.21. The molecule has 34 heavy (non-hydrogen) atoms. The first-order chi connectivity index (χ1) is 15.9. The van der Waals surface area contributed by atoms with Crippen LogP contribution in [0.4, 0.5) is 5.69 Å². The van der Waals surface area contributed by atoms with Gasteiger partial charge in [-0.1, -0.05) is 30.3 Å². The highest BCUT2D eigenvalue weighted by molar-refractivity contribution is 7.92. The SMILES string of the molecule is Cc1ccc(C)c(NC(=O)CS(=O)(=O)c2cn(CC(=O)N(C(C)C)C(C)C)c3ccccc23)c1. The molecule has 2 aromatic carbocycles. The molecule has 0 aliphatic carbocycles. The summed E-state index contributed by atoms with van der Waals surface area (Å²) in [5.41, 5.74) is 3.05. The van der Waals surface area contributed by atoms with Crippen molar-refractivity contribution in [3.8, 4) is 0 Å². The Labute approximate surface area is 201 Å². The fourth-order valence-corrected chi connectivity index (χ4v) is 5.67. The van der Waals surface area contributed by atoms with E-state index in [1.165, 1.54) is 6.20 Å². The molecule has 8 heteroatoms. The van der Waals surface area contributed by atoms with E-state index >= 15 is 0 Å². The third kappa shape index (κ3) is 5.50. The van der Waals surface area contributed by atoms with Crippen LogP contribution in [0.3, 0.4) is 0 Å². The van der Waals surface area contributed by atoms with Gasteiger partial charge in [0.05, 0.1) is 4.90 Å². The van der Waals surface area contributed by atoms with Gasteiger partial charge in [-0.2, -0.15) is 0 Å². The Morgan fingerprint density at radius 3 is 2.29 bits per heavy atom. The van der Waals surface area contributed by atoms with Gasteiger partial charge in [-0.3, -0.25) is 9.59 Å². The second-order valence-electron chi connectivity index (χ2n) is 9.25. The van der Waals surface area contributed by atoms with Gasteiger partial charge >= 0.3 is 0 Å². The number of aromatic nitrogens is 1. The maximum absolute atomic E-state index is 13.3. The predicted octanol–water partition coefficient (Wildman–Crippen LogP) is 4.32. The Kier molecular flexibility index (Phi) is 7.51. The third-order valence-corrected chi connectivity index (χ3v) is 7.42. The van der Waals surface area contributed by atoms with Gasteiger partial charge in [0.1, 0.15) is 12.3 Å². The number of rotatable bonds is 8. The molecule has 3 rings (SSSR count). The van der Waals surface area contributed by atoms with E-state index in [2.05, 4.69) is 5.32 Å². The number of aryl methyl sites for hydroxylation is 2. The molecule has 0 unspecified atom stereocenters. The van der Waals surface area contributed by atoms with Crippen LogP contribution in [0.25, 0.3) is 10.9 Å². The minimum absolute atomic E-state index is 0.0150. The fraction of sp³-hybridized carbons (Fsp3) is 0.385. The van der Waals surface area contributed by atoms with Gasteiger partial charge in [0.15, 0.2) is 9.84 Å². The lowest BCUT2D eigenvalue weighted by Crippen LogP contribution is -2.43. The zero-order chi connectivity index (χ0) is 25.2. The second kappa shape index (κ2) is 10.0. The Hall–Kier alpha value is -3.13. The molecule has 0 saturated carbocycles. The van der Waals surface area contributed by atoms with E-state index in [1.807, 2.05) is 59.7 Å². The van der Waals surface area contributed by atoms with Crippen LogP contribution in [0.1, 0.15) is 38.8 Å². The lowest BCUT2D eigenvalue weighted by atomic mass is 10.1. The fourth-order valence-electron chi connectivity index (χ4n) is 4.30. The van der Waals surface area contributed by atoms with Crippen LogP contribution in [0, 0.1) is 13.8 Å². The van der Waals surface area contributed by atoms with Gasteiger partial charge in [0.25, 0.3) is 0 Å². The number of hydrogen-bond donors (Lipinski definition) is 1. The normalized spacial score (nSPS) is 11.9. The summed E-state index contributed by atoms with van der Waals surface area (Å²) in [5.74, 6) is -1.39. The zero-order valence-corrected chi connectivity index (χ0v) is 21.4. The van der Waals surface area contributed by atoms with Gasteiger partial charge in [0, 0.05) is 34.9 Å². The second-order valence-corrected chi connectivity index (χ2v) is 11.2. The molecule has 0 fully saturated rings. The van der Waals surface area contributed by atoms with Gasteiger partial charge in [-0.25, -0.2) is 8.42 Å². The summed E-state index contributed by atoms with van der Waals surface area (Å²) in [6.07, 6.45) is 1.47. The van der Waals surface area contributed by atoms with Gasteiger partial charge < -0.3 is 14.8 Å². The largest absolute Gasteiger partial charge is 0.337 e. The van der Waals surface area contributed by atoms with E-state index < -0.39 is 21.5 Å². The number of para-hydroxylation sites is 1. The van der Waals surface area contributed by atoms with Crippen molar-refractivity contribution in [3.05, 3.63) is 59.8 Å². The third-order valence-electron chi connectivity index (χ3n) is 5.78. The van der Waals surface area contributed by atoms with Crippen molar-refractivity contribution in [2.45, 2.75) is 65.1 Å². The topological polar surface area (TPSA) is 88.5 Å². The first kappa shape index (κ1) is 25.5. The van der Waals surface area contributed by atoms with E-state index in [-0.39, 0.29) is 29.4 Å². The highest BCUT2D eigenvalue weighted by Crippen LogP contribution is 2.27. The van der Waals surface area contributed by atoms with Crippen LogP contribution in [-0.2, 0) is 26.0 Å². The molecule has 1 aromatic heterocycles. The van der Waals surface area contributed by atoms with E-state index in [0.29, 0.717) is 16.6 Å². The van der Waals surface area contributed by atoms with Crippen LogP contribution >= 0.6 is 0 Å². The first-order valence-corrected chi connectivity index (χ1v) is 13.0. The number of nitrogens with one attached hydrogen (secondary N) is 1. The van der Waals surface area contributed by atoms with E-state index in [4.69, 9.17) is 0 Å². The van der Waals surface area contributed by atoms with Crippen LogP contribution in [-0.4, -0.2) is 47.5 Å². The average Bonchev–Trinajstić information content (AvgIpc) is 3.09. The van der Waals surface area contributed by atoms with Crippen LogP contribution in [0.15, 0.2) is 53.6 Å². The number of hydrogen-bond acceptors (Lipinski definition) is 4. The van der Waals surface area contributed by atoms with Crippen LogP contribution < -0.4 is 5.32 Å². The number of sulfone groups is 1. The van der Waals surface area contributed by atoms with Gasteiger partial charge in [0.2, 0.25) is 11.8 Å². The summed E-state index contributed by atoms with van der Waals surface area (Å²) in [6.45, 7) is 11.6. The summed E-state index contributed by atoms with van der Waals surface area (Å²) >= 11 is 0. The van der Waals surface area contributed by atoms with Crippen molar-refractivity contribution in [1.82, 2.24) is 9.47 Å². The molecule has 0 spiro atoms. The monoisotopic (exact) mass is 483 g/mol. The number of benzene rings is 2. The van der Waals surface area contributed by atoms with Gasteiger partial charge in [-0.15, -0.1) is 0 Å². The quantitative estimate of drug-likeness (QED) is 0.517. The summed E-state index contributed by atoms with van der Waals surface area (Å²) in [6, 6.07) is 12.7. The van der Waals surface area contributed by atoms with Gasteiger partial charge in [-0.05, 0) is 64.8 Å². The molecule has 1 N–H and O–H groups in total. The Balaban J connectivity index is 1.91. The molecule has 0 aliphatic heterocycles. The molecule has 0 atom stereocenters. The Morgan fingerprint density at radius 2 is 1.65 bits per heavy atom. The van der Waals surface area contributed by atoms with E-state index in [0.717, 1.165) is 11.1 Å². The molecule has 7 nitrogen and oxygen atoms in total. The minimum atomic E-state index is -3.95. The molecule has 0 bridgehead atoms. The molecule has 0 saturated heterocycles. The van der Waals surface area contributed by atoms with Crippen molar-refractivity contribution >= 4 is 38.2 Å². The minimum Gasteiger partial charge on any atom is -0.337 e. The maximum atomic E-state index is 13.3. The van der Waals surface area contributed by atoms with Crippen molar-refractivity contribution in [3.63, 3.8) is 0 Å². The highest BCUT2D eigenvalue weighted by atomic mass is 32.2. The van der Waals surface area contributed by atoms with Crippen LogP contribution in [0.2, 0.25) is 0 Å². The lowest BCUT2D eigenvalue weighted by Gasteiger charge is -2.31. The summed E-state index contributed by atoms with van der Waals surface area (Å²) in [4.78, 5) is 27.5. The molecular weight excluding hydrogens is 450 g/mol. The Morgan fingerprint density at radius 1 is 1.00 bits per heavy atom. The Bertz CT molecular complexity index is 1320. The molecule has 0 radical (unpaired) electrons. The standard InChI is InChI=1S/C26H33N3O4S/c1-17(2)29(18(3)4)26(31)15-28-14-24(21-9-7-8-10-23(21)28)34(32,33)16-25(30)27-22-13-19(5)11-12-20(22)6/h7-14,17-18H,15-16H2,1-6H3,(H,27,30). The lowest BCUT2D eigenvalue weighted by molar-refractivity contribution is -0.135. The molecule has 2 amide bonds. The molecule has 1 heterocycles. The molecule has 3 aromatic rings. The van der Waals surface area contributed by atoms with E-state index in [9.17, 15) is 18.0 Å². The highest BCUT2D eigenvalue weighted by Gasteiger charge is 2.26. The van der Waals surface area contributed by atoms with Crippen molar-refractivity contribution < 1.29 is 18.0 Å². The number of nitrogens with zero attached hydrogens (tertiary/aromatic N) is 2. The van der Waals surface area contributed by atoms with Crippen molar-refractivity contribution in [2.75, 3.05) is 11.1 Å². The van der Waals surface area contributed by atoms with Crippen molar-refractivity contribution in [1.29, 1.82) is 0 Å². The number of carbonyl (C=O) groups excluding carboxylic acids is 2. The predicted molar refractivity (Wildman–Crippen MR) is 136 cm³/mol. The van der Waals surface area contributed by atoms with Crippen molar-refractivity contribution in [2.24, 2.45) is 0 Å².